The van der Waals surface area contributed by atoms with Crippen molar-refractivity contribution in [3.8, 4) is 22.6 Å². The van der Waals surface area contributed by atoms with E-state index in [4.69, 9.17) is 4.42 Å². The minimum absolute atomic E-state index is 0.0368. The Balaban J connectivity index is 2.04. The van der Waals surface area contributed by atoms with E-state index in [1.807, 2.05) is 0 Å². The van der Waals surface area contributed by atoms with Crippen LogP contribution >= 0.6 is 12.6 Å². The standard InChI is InChI=1S/C15H9N3O5S/c19-17(20)11-5-1-9(2-6-11)13-14(23-15(24)16-13)10-3-7-12(8-4-10)18(21)22/h1-8H,(H,16,24). The lowest BCUT2D eigenvalue weighted by atomic mass is 10.1. The molecule has 0 bridgehead atoms. The number of rotatable bonds is 4. The molecule has 1 heterocycles. The highest BCUT2D eigenvalue weighted by atomic mass is 32.1. The Morgan fingerprint density at radius 2 is 1.29 bits per heavy atom. The SMILES string of the molecule is O=[N+]([O-])c1ccc(-c2nc(S)oc2-c2ccc([N+](=O)[O-])cc2)cc1. The summed E-state index contributed by atoms with van der Waals surface area (Å²) in [6, 6.07) is 11.6. The first-order valence-corrected chi connectivity index (χ1v) is 7.10. The zero-order valence-corrected chi connectivity index (χ0v) is 12.8. The molecule has 0 N–H and O–H groups in total. The second-order valence-corrected chi connectivity index (χ2v) is 5.16. The van der Waals surface area contributed by atoms with Crippen molar-refractivity contribution in [2.24, 2.45) is 0 Å². The first-order chi connectivity index (χ1) is 11.5. The van der Waals surface area contributed by atoms with Crippen LogP contribution in [0.1, 0.15) is 0 Å². The summed E-state index contributed by atoms with van der Waals surface area (Å²) in [5.74, 6) is 0.378. The Bertz CT molecular complexity index is 844. The highest BCUT2D eigenvalue weighted by Crippen LogP contribution is 2.35. The van der Waals surface area contributed by atoms with Gasteiger partial charge < -0.3 is 4.42 Å². The van der Waals surface area contributed by atoms with Gasteiger partial charge in [0.1, 0.15) is 5.69 Å². The molecule has 9 heteroatoms. The van der Waals surface area contributed by atoms with Crippen molar-refractivity contribution in [2.75, 3.05) is 0 Å². The van der Waals surface area contributed by atoms with E-state index in [1.165, 1.54) is 24.3 Å². The van der Waals surface area contributed by atoms with Gasteiger partial charge in [-0.1, -0.05) is 12.6 Å². The van der Waals surface area contributed by atoms with Crippen molar-refractivity contribution in [1.29, 1.82) is 0 Å². The Kier molecular flexibility index (Phi) is 4.00. The van der Waals surface area contributed by atoms with Crippen molar-refractivity contribution < 1.29 is 14.3 Å². The molecule has 3 aromatic rings. The average molecular weight is 343 g/mol. The largest absolute Gasteiger partial charge is 0.431 e. The second kappa shape index (κ2) is 6.13. The number of nitrogens with zero attached hydrogens (tertiary/aromatic N) is 3. The molecule has 8 nitrogen and oxygen atoms in total. The van der Waals surface area contributed by atoms with Gasteiger partial charge in [0.05, 0.1) is 9.85 Å². The summed E-state index contributed by atoms with van der Waals surface area (Å²) in [6.45, 7) is 0. The lowest BCUT2D eigenvalue weighted by molar-refractivity contribution is -0.385. The molecule has 0 saturated carbocycles. The Morgan fingerprint density at radius 1 is 0.833 bits per heavy atom. The quantitative estimate of drug-likeness (QED) is 0.433. The van der Waals surface area contributed by atoms with Crippen LogP contribution in [-0.4, -0.2) is 14.8 Å². The topological polar surface area (TPSA) is 112 Å². The molecule has 0 spiro atoms. The van der Waals surface area contributed by atoms with Crippen LogP contribution in [0, 0.1) is 20.2 Å². The predicted octanol–water partition coefficient (Wildman–Crippen LogP) is 4.11. The molecule has 2 aromatic carbocycles. The molecule has 0 aliphatic heterocycles. The maximum atomic E-state index is 10.7. The van der Waals surface area contributed by atoms with E-state index in [2.05, 4.69) is 17.6 Å². The third kappa shape index (κ3) is 2.97. The fraction of sp³-hybridized carbons (Fsp3) is 0. The normalized spacial score (nSPS) is 10.5. The van der Waals surface area contributed by atoms with E-state index in [1.54, 1.807) is 24.3 Å². The number of aromatic nitrogens is 1. The minimum atomic E-state index is -0.495. The molecule has 0 amide bonds. The van der Waals surface area contributed by atoms with Crippen molar-refractivity contribution in [2.45, 2.75) is 5.22 Å². The van der Waals surface area contributed by atoms with Gasteiger partial charge in [0.25, 0.3) is 16.6 Å². The van der Waals surface area contributed by atoms with Crippen LogP contribution in [0.3, 0.4) is 0 Å². The van der Waals surface area contributed by atoms with Crippen molar-refractivity contribution >= 4 is 24.0 Å². The van der Waals surface area contributed by atoms with Gasteiger partial charge in [-0.15, -0.1) is 0 Å². The Hall–Kier alpha value is -3.20. The van der Waals surface area contributed by atoms with Crippen LogP contribution in [0.15, 0.2) is 58.2 Å². The van der Waals surface area contributed by atoms with E-state index < -0.39 is 9.85 Å². The van der Waals surface area contributed by atoms with Crippen LogP contribution < -0.4 is 0 Å². The van der Waals surface area contributed by atoms with Gasteiger partial charge in [-0.2, -0.15) is 0 Å². The van der Waals surface area contributed by atoms with Crippen LogP contribution in [0.25, 0.3) is 22.6 Å². The van der Waals surface area contributed by atoms with E-state index in [9.17, 15) is 20.2 Å². The van der Waals surface area contributed by atoms with Gasteiger partial charge in [-0.25, -0.2) is 4.98 Å². The number of non-ortho nitro benzene ring substituents is 2. The van der Waals surface area contributed by atoms with E-state index in [0.29, 0.717) is 22.6 Å². The first kappa shape index (κ1) is 15.7. The Morgan fingerprint density at radius 3 is 1.75 bits per heavy atom. The summed E-state index contributed by atoms with van der Waals surface area (Å²) in [5, 5.41) is 21.6. The number of benzene rings is 2. The van der Waals surface area contributed by atoms with Gasteiger partial charge in [0, 0.05) is 35.4 Å². The van der Waals surface area contributed by atoms with Crippen LogP contribution in [0.5, 0.6) is 0 Å². The van der Waals surface area contributed by atoms with E-state index >= 15 is 0 Å². The molecule has 24 heavy (non-hydrogen) atoms. The third-order valence-electron chi connectivity index (χ3n) is 3.31. The van der Waals surface area contributed by atoms with Gasteiger partial charge in [-0.3, -0.25) is 20.2 Å². The van der Waals surface area contributed by atoms with Gasteiger partial charge in [0.15, 0.2) is 5.76 Å². The second-order valence-electron chi connectivity index (χ2n) is 4.78. The molecular weight excluding hydrogens is 334 g/mol. The van der Waals surface area contributed by atoms with Gasteiger partial charge in [0.2, 0.25) is 0 Å². The Labute approximate surface area is 140 Å². The average Bonchev–Trinajstić information content (AvgIpc) is 2.97. The molecule has 3 rings (SSSR count). The van der Waals surface area contributed by atoms with Crippen LogP contribution in [0.4, 0.5) is 11.4 Å². The fourth-order valence-electron chi connectivity index (χ4n) is 2.18. The predicted molar refractivity (Wildman–Crippen MR) is 87.9 cm³/mol. The molecule has 1 aromatic heterocycles. The first-order valence-electron chi connectivity index (χ1n) is 6.65. The van der Waals surface area contributed by atoms with Crippen LogP contribution in [0.2, 0.25) is 0 Å². The van der Waals surface area contributed by atoms with E-state index in [0.717, 1.165) is 0 Å². The number of oxazole rings is 1. The van der Waals surface area contributed by atoms with Crippen molar-refractivity contribution in [1.82, 2.24) is 4.98 Å². The highest BCUT2D eigenvalue weighted by Gasteiger charge is 2.17. The molecule has 0 fully saturated rings. The molecule has 0 saturated heterocycles. The van der Waals surface area contributed by atoms with Crippen molar-refractivity contribution in [3.05, 3.63) is 68.8 Å². The number of thiol groups is 1. The lowest BCUT2D eigenvalue weighted by Crippen LogP contribution is -1.89. The smallest absolute Gasteiger partial charge is 0.269 e. The molecule has 0 unspecified atom stereocenters. The summed E-state index contributed by atoms with van der Waals surface area (Å²) in [5.41, 5.74) is 1.56. The number of nitro benzene ring substituents is 2. The van der Waals surface area contributed by atoms with Gasteiger partial charge >= 0.3 is 0 Å². The maximum Gasteiger partial charge on any atom is 0.269 e. The van der Waals surface area contributed by atoms with Crippen LogP contribution in [-0.2, 0) is 0 Å². The van der Waals surface area contributed by atoms with E-state index in [-0.39, 0.29) is 16.6 Å². The molecule has 0 radical (unpaired) electrons. The third-order valence-corrected chi connectivity index (χ3v) is 3.50. The fourth-order valence-corrected chi connectivity index (χ4v) is 2.37. The van der Waals surface area contributed by atoms with Crippen molar-refractivity contribution in [3.63, 3.8) is 0 Å². The zero-order chi connectivity index (χ0) is 17.3. The zero-order valence-electron chi connectivity index (χ0n) is 11.9. The number of nitro groups is 2. The summed E-state index contributed by atoms with van der Waals surface area (Å²) < 4.78 is 5.48. The summed E-state index contributed by atoms with van der Waals surface area (Å²) in [6.07, 6.45) is 0. The summed E-state index contributed by atoms with van der Waals surface area (Å²) in [7, 11) is 0. The summed E-state index contributed by atoms with van der Waals surface area (Å²) in [4.78, 5) is 24.7. The molecule has 0 aliphatic carbocycles. The molecular formula is C15H9N3O5S. The maximum absolute atomic E-state index is 10.7. The number of hydrogen-bond acceptors (Lipinski definition) is 7. The highest BCUT2D eigenvalue weighted by molar-refractivity contribution is 7.80. The lowest BCUT2D eigenvalue weighted by Gasteiger charge is -2.01. The molecule has 120 valence electrons. The molecule has 0 aliphatic rings. The summed E-state index contributed by atoms with van der Waals surface area (Å²) >= 11 is 4.09. The van der Waals surface area contributed by atoms with Gasteiger partial charge in [-0.05, 0) is 24.3 Å². The monoisotopic (exact) mass is 343 g/mol. The number of hydrogen-bond donors (Lipinski definition) is 1. The molecule has 0 atom stereocenters. The minimum Gasteiger partial charge on any atom is -0.431 e.